The van der Waals surface area contributed by atoms with E-state index in [0.717, 1.165) is 5.56 Å². The molecule has 3 rings (SSSR count). The van der Waals surface area contributed by atoms with Crippen LogP contribution >= 0.6 is 0 Å². The lowest BCUT2D eigenvalue weighted by atomic mass is 10.2. The van der Waals surface area contributed by atoms with Gasteiger partial charge in [-0.05, 0) is 17.7 Å². The zero-order valence-electron chi connectivity index (χ0n) is 13.1. The van der Waals surface area contributed by atoms with Gasteiger partial charge in [-0.2, -0.15) is 5.10 Å². The third-order valence-corrected chi connectivity index (χ3v) is 3.30. The van der Waals surface area contributed by atoms with Crippen LogP contribution < -0.4 is 0 Å². The number of nitrogens with zero attached hydrogens (tertiary/aromatic N) is 3. The number of aromatic nitrogens is 4. The Balaban J connectivity index is 1.60. The Kier molecular flexibility index (Phi) is 4.93. The molecular weight excluding hydrogens is 308 g/mol. The number of hydrogen-bond donors (Lipinski definition) is 1. The summed E-state index contributed by atoms with van der Waals surface area (Å²) in [5.74, 6) is 0.628. The van der Waals surface area contributed by atoms with E-state index >= 15 is 0 Å². The van der Waals surface area contributed by atoms with Crippen molar-refractivity contribution in [1.82, 2.24) is 20.2 Å². The molecule has 2 aromatic heterocycles. The molecule has 2 heterocycles. The number of benzene rings is 1. The van der Waals surface area contributed by atoms with Crippen molar-refractivity contribution in [3.05, 3.63) is 65.6 Å². The molecule has 0 unspecified atom stereocenters. The molecule has 1 N–H and O–H groups in total. The molecule has 0 bridgehead atoms. The van der Waals surface area contributed by atoms with Gasteiger partial charge >= 0.3 is 5.97 Å². The zero-order valence-corrected chi connectivity index (χ0v) is 13.1. The van der Waals surface area contributed by atoms with Crippen molar-refractivity contribution in [2.45, 2.75) is 13.2 Å². The van der Waals surface area contributed by atoms with Gasteiger partial charge in [0.25, 0.3) is 0 Å². The summed E-state index contributed by atoms with van der Waals surface area (Å²) in [6.45, 7) is 0.824. The minimum Gasteiger partial charge on any atom is -0.465 e. The molecule has 0 aliphatic heterocycles. The average molecular weight is 324 g/mol. The van der Waals surface area contributed by atoms with E-state index < -0.39 is 5.97 Å². The molecule has 0 fully saturated rings. The number of aromatic amines is 1. The van der Waals surface area contributed by atoms with Gasteiger partial charge < -0.3 is 9.47 Å². The van der Waals surface area contributed by atoms with E-state index in [4.69, 9.17) is 4.74 Å². The van der Waals surface area contributed by atoms with Crippen molar-refractivity contribution in [3.63, 3.8) is 0 Å². The second-order valence-electron chi connectivity index (χ2n) is 5.01. The normalized spacial score (nSPS) is 10.5. The molecule has 122 valence electrons. The van der Waals surface area contributed by atoms with Gasteiger partial charge in [-0.1, -0.05) is 30.3 Å². The Labute approximate surface area is 138 Å². The highest BCUT2D eigenvalue weighted by Crippen LogP contribution is 2.13. The maximum absolute atomic E-state index is 11.4. The van der Waals surface area contributed by atoms with Crippen LogP contribution in [0.5, 0.6) is 0 Å². The molecule has 7 nitrogen and oxygen atoms in total. The molecule has 0 aliphatic carbocycles. The molecule has 0 radical (unpaired) electrons. The number of rotatable bonds is 6. The highest BCUT2D eigenvalue weighted by atomic mass is 16.5. The second-order valence-corrected chi connectivity index (χ2v) is 5.01. The quantitative estimate of drug-likeness (QED) is 0.700. The summed E-state index contributed by atoms with van der Waals surface area (Å²) in [6.07, 6.45) is 1.43. The predicted molar refractivity (Wildman–Crippen MR) is 85.9 cm³/mol. The SMILES string of the molecule is COC(=O)c1ccc(-c2n[nH]c(COCc3ccccc3)n2)nc1. The standard InChI is InChI=1S/C17H16N4O3/c1-23-17(22)13-7-8-14(18-9-13)16-19-15(20-21-16)11-24-10-12-5-3-2-4-6-12/h2-9H,10-11H2,1H3,(H,19,20,21). The number of pyridine rings is 1. The summed E-state index contributed by atoms with van der Waals surface area (Å²) in [6, 6.07) is 13.2. The maximum Gasteiger partial charge on any atom is 0.339 e. The summed E-state index contributed by atoms with van der Waals surface area (Å²) in [5, 5.41) is 6.93. The molecule has 24 heavy (non-hydrogen) atoms. The largest absolute Gasteiger partial charge is 0.465 e. The van der Waals surface area contributed by atoms with E-state index in [2.05, 4.69) is 24.9 Å². The number of hydrogen-bond acceptors (Lipinski definition) is 6. The van der Waals surface area contributed by atoms with Crippen molar-refractivity contribution in [2.24, 2.45) is 0 Å². The van der Waals surface area contributed by atoms with Gasteiger partial charge in [0.05, 0.1) is 19.3 Å². The number of H-pyrrole nitrogens is 1. The fraction of sp³-hybridized carbons (Fsp3) is 0.176. The van der Waals surface area contributed by atoms with Crippen molar-refractivity contribution in [2.75, 3.05) is 7.11 Å². The third kappa shape index (κ3) is 3.82. The van der Waals surface area contributed by atoms with Crippen LogP contribution in [-0.2, 0) is 22.7 Å². The first-order chi connectivity index (χ1) is 11.8. The van der Waals surface area contributed by atoms with Gasteiger partial charge in [0, 0.05) is 6.20 Å². The van der Waals surface area contributed by atoms with Crippen LogP contribution in [0.3, 0.4) is 0 Å². The predicted octanol–water partition coefficient (Wildman–Crippen LogP) is 2.37. The first-order valence-electron chi connectivity index (χ1n) is 7.34. The fourth-order valence-electron chi connectivity index (χ4n) is 2.08. The zero-order chi connectivity index (χ0) is 16.8. The Bertz CT molecular complexity index is 800. The van der Waals surface area contributed by atoms with Gasteiger partial charge in [0.1, 0.15) is 12.3 Å². The van der Waals surface area contributed by atoms with E-state index in [-0.39, 0.29) is 0 Å². The minimum absolute atomic E-state index is 0.322. The first kappa shape index (κ1) is 15.8. The highest BCUT2D eigenvalue weighted by Gasteiger charge is 2.10. The Hall–Kier alpha value is -3.06. The molecule has 3 aromatic rings. The smallest absolute Gasteiger partial charge is 0.339 e. The van der Waals surface area contributed by atoms with Gasteiger partial charge in [0.2, 0.25) is 0 Å². The summed E-state index contributed by atoms with van der Waals surface area (Å²) < 4.78 is 10.2. The maximum atomic E-state index is 11.4. The minimum atomic E-state index is -0.431. The van der Waals surface area contributed by atoms with E-state index in [9.17, 15) is 4.79 Å². The molecule has 7 heteroatoms. The lowest BCUT2D eigenvalue weighted by molar-refractivity contribution is 0.0600. The van der Waals surface area contributed by atoms with Gasteiger partial charge in [-0.15, -0.1) is 0 Å². The lowest BCUT2D eigenvalue weighted by Gasteiger charge is -2.01. The van der Waals surface area contributed by atoms with Crippen LogP contribution in [0.1, 0.15) is 21.7 Å². The molecule has 1 aromatic carbocycles. The summed E-state index contributed by atoms with van der Waals surface area (Å²) in [5.41, 5.74) is 2.04. The molecule has 0 atom stereocenters. The number of ether oxygens (including phenoxy) is 2. The average Bonchev–Trinajstić information content (AvgIpc) is 3.11. The van der Waals surface area contributed by atoms with Crippen LogP contribution in [0.25, 0.3) is 11.5 Å². The van der Waals surface area contributed by atoms with Crippen molar-refractivity contribution in [1.29, 1.82) is 0 Å². The van der Waals surface area contributed by atoms with E-state index in [0.29, 0.717) is 36.1 Å². The summed E-state index contributed by atoms with van der Waals surface area (Å²) in [4.78, 5) is 19.9. The van der Waals surface area contributed by atoms with Crippen molar-refractivity contribution in [3.8, 4) is 11.5 Å². The van der Waals surface area contributed by atoms with E-state index in [1.807, 2.05) is 30.3 Å². The molecule has 0 saturated heterocycles. The molecular formula is C17H16N4O3. The van der Waals surface area contributed by atoms with Crippen molar-refractivity contribution < 1.29 is 14.3 Å². The van der Waals surface area contributed by atoms with Crippen LogP contribution in [0, 0.1) is 0 Å². The lowest BCUT2D eigenvalue weighted by Crippen LogP contribution is -2.01. The number of methoxy groups -OCH3 is 1. The molecule has 0 spiro atoms. The Morgan fingerprint density at radius 3 is 2.67 bits per heavy atom. The van der Waals surface area contributed by atoms with Gasteiger partial charge in [-0.25, -0.2) is 9.78 Å². The molecule has 0 amide bonds. The third-order valence-electron chi connectivity index (χ3n) is 3.30. The topological polar surface area (TPSA) is 90.0 Å². The van der Waals surface area contributed by atoms with Crippen LogP contribution in [-0.4, -0.2) is 33.2 Å². The van der Waals surface area contributed by atoms with Crippen LogP contribution in [0.2, 0.25) is 0 Å². The molecule has 0 aliphatic rings. The number of carbonyl (C=O) groups is 1. The highest BCUT2D eigenvalue weighted by molar-refractivity contribution is 5.89. The fourth-order valence-corrected chi connectivity index (χ4v) is 2.08. The molecule has 0 saturated carbocycles. The van der Waals surface area contributed by atoms with Crippen LogP contribution in [0.15, 0.2) is 48.7 Å². The second kappa shape index (κ2) is 7.47. The first-order valence-corrected chi connectivity index (χ1v) is 7.34. The number of esters is 1. The van der Waals surface area contributed by atoms with E-state index in [1.54, 1.807) is 12.1 Å². The van der Waals surface area contributed by atoms with Crippen LogP contribution in [0.4, 0.5) is 0 Å². The van der Waals surface area contributed by atoms with Gasteiger partial charge in [-0.3, -0.25) is 10.1 Å². The van der Waals surface area contributed by atoms with Crippen molar-refractivity contribution >= 4 is 5.97 Å². The monoisotopic (exact) mass is 324 g/mol. The Morgan fingerprint density at radius 2 is 1.96 bits per heavy atom. The van der Waals surface area contributed by atoms with Gasteiger partial charge in [0.15, 0.2) is 11.6 Å². The van der Waals surface area contributed by atoms with E-state index in [1.165, 1.54) is 13.3 Å². The Morgan fingerprint density at radius 1 is 1.12 bits per heavy atom. The number of nitrogens with one attached hydrogen (secondary N) is 1. The summed E-state index contributed by atoms with van der Waals surface area (Å²) in [7, 11) is 1.33. The number of carbonyl (C=O) groups excluding carboxylic acids is 1. The summed E-state index contributed by atoms with van der Waals surface area (Å²) >= 11 is 0.